The lowest BCUT2D eigenvalue weighted by atomic mass is 10.1. The van der Waals surface area contributed by atoms with E-state index in [1.807, 2.05) is 0 Å². The number of rotatable bonds is 3. The number of halogens is 4. The first kappa shape index (κ1) is 20.6. The van der Waals surface area contributed by atoms with E-state index >= 15 is 0 Å². The maximum absolute atomic E-state index is 14.8. The summed E-state index contributed by atoms with van der Waals surface area (Å²) in [6.45, 7) is -0.0811. The molecule has 0 aliphatic carbocycles. The number of nitrogens with zero attached hydrogens (tertiary/aromatic N) is 1. The van der Waals surface area contributed by atoms with Crippen LogP contribution in [0.3, 0.4) is 0 Å². The summed E-state index contributed by atoms with van der Waals surface area (Å²) < 4.78 is 48.4. The summed E-state index contributed by atoms with van der Waals surface area (Å²) in [5.41, 5.74) is 9.23. The SMILES string of the molecule is CN(C)Cc1c(F)c(N)c2c(=O)cc(-c3ccc(N)c(F)c3)oc2c1F.Cl. The molecule has 0 amide bonds. The summed E-state index contributed by atoms with van der Waals surface area (Å²) in [6, 6.07) is 4.79. The van der Waals surface area contributed by atoms with Gasteiger partial charge < -0.3 is 20.8 Å². The average molecular weight is 400 g/mol. The Morgan fingerprint density at radius 1 is 1.07 bits per heavy atom. The molecule has 0 atom stereocenters. The van der Waals surface area contributed by atoms with E-state index in [0.29, 0.717) is 0 Å². The molecule has 27 heavy (non-hydrogen) atoms. The molecule has 2 aromatic carbocycles. The zero-order valence-corrected chi connectivity index (χ0v) is 15.3. The third-order valence-corrected chi connectivity index (χ3v) is 3.94. The molecule has 144 valence electrons. The predicted octanol–water partition coefficient (Wildman–Crippen LogP) is 3.53. The van der Waals surface area contributed by atoms with E-state index in [9.17, 15) is 18.0 Å². The van der Waals surface area contributed by atoms with Crippen molar-refractivity contribution in [2.75, 3.05) is 25.6 Å². The Hall–Kier alpha value is -2.71. The van der Waals surface area contributed by atoms with E-state index in [2.05, 4.69) is 0 Å². The number of benzene rings is 2. The summed E-state index contributed by atoms with van der Waals surface area (Å²) in [6.07, 6.45) is 0. The van der Waals surface area contributed by atoms with Crippen LogP contribution in [0.5, 0.6) is 0 Å². The van der Waals surface area contributed by atoms with E-state index < -0.39 is 34.2 Å². The highest BCUT2D eigenvalue weighted by molar-refractivity contribution is 5.91. The second-order valence-corrected chi connectivity index (χ2v) is 6.17. The second-order valence-electron chi connectivity index (χ2n) is 6.17. The number of hydrogen-bond donors (Lipinski definition) is 2. The number of nitrogens with two attached hydrogens (primary N) is 2. The van der Waals surface area contributed by atoms with Gasteiger partial charge in [-0.25, -0.2) is 13.2 Å². The number of hydrogen-bond acceptors (Lipinski definition) is 5. The van der Waals surface area contributed by atoms with Crippen LogP contribution in [0.4, 0.5) is 24.5 Å². The summed E-state index contributed by atoms with van der Waals surface area (Å²) in [5.74, 6) is -2.81. The van der Waals surface area contributed by atoms with Crippen LogP contribution in [0, 0.1) is 17.5 Å². The Morgan fingerprint density at radius 2 is 1.74 bits per heavy atom. The van der Waals surface area contributed by atoms with Crippen molar-refractivity contribution in [3.8, 4) is 11.3 Å². The van der Waals surface area contributed by atoms with Gasteiger partial charge in [0.2, 0.25) is 0 Å². The fourth-order valence-corrected chi connectivity index (χ4v) is 2.69. The molecule has 1 aromatic heterocycles. The van der Waals surface area contributed by atoms with Gasteiger partial charge in [0, 0.05) is 23.7 Å². The predicted molar refractivity (Wildman–Crippen MR) is 101 cm³/mol. The maximum Gasteiger partial charge on any atom is 0.195 e. The molecule has 0 saturated carbocycles. The average Bonchev–Trinajstić information content (AvgIpc) is 2.58. The van der Waals surface area contributed by atoms with E-state index in [1.165, 1.54) is 12.1 Å². The standard InChI is InChI=1S/C18H16F3N3O2.ClH/c1-24(2)7-9-15(20)17(23)14-12(25)6-13(26-18(14)16(9)21)8-3-4-11(22)10(19)5-8;/h3-6H,7,22-23H2,1-2H3;1H. The molecule has 0 spiro atoms. The summed E-state index contributed by atoms with van der Waals surface area (Å²) in [7, 11) is 3.26. The topological polar surface area (TPSA) is 85.5 Å². The molecule has 4 N–H and O–H groups in total. The van der Waals surface area contributed by atoms with Crippen LogP contribution in [-0.4, -0.2) is 19.0 Å². The zero-order valence-electron chi connectivity index (χ0n) is 14.5. The largest absolute Gasteiger partial charge is 0.453 e. The monoisotopic (exact) mass is 399 g/mol. The fraction of sp³-hybridized carbons (Fsp3) is 0.167. The minimum atomic E-state index is -1.02. The van der Waals surface area contributed by atoms with E-state index in [4.69, 9.17) is 15.9 Å². The van der Waals surface area contributed by atoms with Gasteiger partial charge in [-0.1, -0.05) is 0 Å². The van der Waals surface area contributed by atoms with Crippen molar-refractivity contribution >= 4 is 34.8 Å². The van der Waals surface area contributed by atoms with Crippen molar-refractivity contribution in [2.24, 2.45) is 0 Å². The van der Waals surface area contributed by atoms with Gasteiger partial charge in [-0.05, 0) is 32.3 Å². The number of fused-ring (bicyclic) bond motifs is 1. The van der Waals surface area contributed by atoms with Crippen molar-refractivity contribution in [2.45, 2.75) is 6.54 Å². The normalized spacial score (nSPS) is 11.0. The van der Waals surface area contributed by atoms with E-state index in [0.717, 1.165) is 12.1 Å². The van der Waals surface area contributed by atoms with Gasteiger partial charge in [0.05, 0.1) is 16.8 Å². The quantitative estimate of drug-likeness (QED) is 0.658. The minimum absolute atomic E-state index is 0. The van der Waals surface area contributed by atoms with E-state index in [-0.39, 0.29) is 46.9 Å². The Balaban J connectivity index is 0.00000261. The first-order chi connectivity index (χ1) is 12.2. The highest BCUT2D eigenvalue weighted by Gasteiger charge is 2.23. The maximum atomic E-state index is 14.8. The number of nitrogen functional groups attached to an aromatic ring is 2. The van der Waals surface area contributed by atoms with Gasteiger partial charge in [0.15, 0.2) is 22.6 Å². The van der Waals surface area contributed by atoms with Gasteiger partial charge in [-0.15, -0.1) is 12.4 Å². The highest BCUT2D eigenvalue weighted by atomic mass is 35.5. The molecule has 3 rings (SSSR count). The van der Waals surface area contributed by atoms with Gasteiger partial charge in [0.1, 0.15) is 11.6 Å². The molecule has 0 radical (unpaired) electrons. The van der Waals surface area contributed by atoms with Crippen LogP contribution in [0.2, 0.25) is 0 Å². The van der Waals surface area contributed by atoms with Crippen LogP contribution in [0.1, 0.15) is 5.56 Å². The molecule has 1 heterocycles. The van der Waals surface area contributed by atoms with E-state index in [1.54, 1.807) is 19.0 Å². The molecule has 0 aliphatic rings. The third kappa shape index (κ3) is 3.58. The van der Waals surface area contributed by atoms with Crippen LogP contribution < -0.4 is 16.9 Å². The van der Waals surface area contributed by atoms with Crippen molar-refractivity contribution in [1.29, 1.82) is 0 Å². The van der Waals surface area contributed by atoms with Crippen molar-refractivity contribution in [3.63, 3.8) is 0 Å². The van der Waals surface area contributed by atoms with Crippen LogP contribution in [0.25, 0.3) is 22.3 Å². The third-order valence-electron chi connectivity index (χ3n) is 3.94. The lowest BCUT2D eigenvalue weighted by molar-refractivity contribution is 0.380. The second kappa shape index (κ2) is 7.50. The molecule has 0 fully saturated rings. The van der Waals surface area contributed by atoms with Crippen molar-refractivity contribution < 1.29 is 17.6 Å². The molecular weight excluding hydrogens is 383 g/mol. The van der Waals surface area contributed by atoms with Crippen LogP contribution >= 0.6 is 12.4 Å². The van der Waals surface area contributed by atoms with Crippen molar-refractivity contribution in [3.05, 3.63) is 57.5 Å². The molecule has 9 heteroatoms. The molecule has 0 aliphatic heterocycles. The zero-order chi connectivity index (χ0) is 19.2. The van der Waals surface area contributed by atoms with Crippen molar-refractivity contribution in [1.82, 2.24) is 4.90 Å². The Morgan fingerprint density at radius 3 is 2.33 bits per heavy atom. The molecule has 5 nitrogen and oxygen atoms in total. The van der Waals surface area contributed by atoms with Crippen LogP contribution in [0.15, 0.2) is 33.5 Å². The van der Waals surface area contributed by atoms with Gasteiger partial charge >= 0.3 is 0 Å². The molecule has 0 bridgehead atoms. The van der Waals surface area contributed by atoms with Gasteiger partial charge in [-0.2, -0.15) is 0 Å². The Bertz CT molecular complexity index is 1080. The summed E-state index contributed by atoms with van der Waals surface area (Å²) >= 11 is 0. The van der Waals surface area contributed by atoms with Gasteiger partial charge in [0.25, 0.3) is 0 Å². The lowest BCUT2D eigenvalue weighted by Gasteiger charge is -2.15. The Kier molecular flexibility index (Phi) is 5.72. The molecule has 3 aromatic rings. The van der Waals surface area contributed by atoms with Crippen LogP contribution in [-0.2, 0) is 6.54 Å². The lowest BCUT2D eigenvalue weighted by Crippen LogP contribution is -2.16. The highest BCUT2D eigenvalue weighted by Crippen LogP contribution is 2.32. The molecular formula is C18H17ClF3N3O2. The Labute approximate surface area is 158 Å². The first-order valence-electron chi connectivity index (χ1n) is 7.64. The van der Waals surface area contributed by atoms with Gasteiger partial charge in [-0.3, -0.25) is 4.79 Å². The summed E-state index contributed by atoms with van der Waals surface area (Å²) in [5, 5.41) is -0.387. The number of anilines is 2. The molecule has 0 unspecified atom stereocenters. The smallest absolute Gasteiger partial charge is 0.195 e. The summed E-state index contributed by atoms with van der Waals surface area (Å²) in [4.78, 5) is 13.9. The first-order valence-corrected chi connectivity index (χ1v) is 7.64. The minimum Gasteiger partial charge on any atom is -0.453 e. The fourth-order valence-electron chi connectivity index (χ4n) is 2.69. The molecule has 0 saturated heterocycles.